The van der Waals surface area contributed by atoms with Gasteiger partial charge in [0.1, 0.15) is 0 Å². The van der Waals surface area contributed by atoms with Crippen molar-refractivity contribution in [1.29, 1.82) is 0 Å². The first-order chi connectivity index (χ1) is 12.7. The molecule has 0 spiro atoms. The molecule has 3 heterocycles. The van der Waals surface area contributed by atoms with Crippen LogP contribution in [0.1, 0.15) is 31.7 Å². The summed E-state index contributed by atoms with van der Waals surface area (Å²) >= 11 is 6.03. The van der Waals surface area contributed by atoms with Crippen LogP contribution in [0.2, 0.25) is 5.02 Å². The maximum absolute atomic E-state index is 6.03. The summed E-state index contributed by atoms with van der Waals surface area (Å²) in [7, 11) is 2.18. The zero-order valence-corrected chi connectivity index (χ0v) is 16.5. The van der Waals surface area contributed by atoms with Gasteiger partial charge in [0.05, 0.1) is 12.4 Å². The summed E-state index contributed by atoms with van der Waals surface area (Å²) < 4.78 is 0. The fourth-order valence-electron chi connectivity index (χ4n) is 4.10. The minimum atomic E-state index is 0.161. The second kappa shape index (κ2) is 7.49. The van der Waals surface area contributed by atoms with Crippen LogP contribution in [0.25, 0.3) is 0 Å². The van der Waals surface area contributed by atoms with E-state index in [0.29, 0.717) is 0 Å². The van der Waals surface area contributed by atoms with E-state index in [2.05, 4.69) is 51.9 Å². The number of rotatable bonds is 5. The molecular weight excluding hydrogens is 346 g/mol. The second-order valence-corrected chi connectivity index (χ2v) is 7.88. The number of amidine groups is 1. The molecule has 0 aliphatic carbocycles. The third kappa shape index (κ3) is 3.42. The van der Waals surface area contributed by atoms with E-state index in [1.54, 1.807) is 0 Å². The molecule has 1 saturated heterocycles. The Bertz CT molecular complexity index is 693. The van der Waals surface area contributed by atoms with E-state index in [9.17, 15) is 0 Å². The minimum absolute atomic E-state index is 0.161. The number of hydrogen-bond acceptors (Lipinski definition) is 5. The summed E-state index contributed by atoms with van der Waals surface area (Å²) in [5.41, 5.74) is 2.52. The molecule has 0 amide bonds. The maximum Gasteiger partial charge on any atom is 0.181 e. The summed E-state index contributed by atoms with van der Waals surface area (Å²) in [5, 5.41) is 0.789. The smallest absolute Gasteiger partial charge is 0.181 e. The zero-order chi connectivity index (χ0) is 18.1. The van der Waals surface area contributed by atoms with Crippen molar-refractivity contribution < 1.29 is 0 Å². The zero-order valence-electron chi connectivity index (χ0n) is 15.7. The lowest BCUT2D eigenvalue weighted by molar-refractivity contribution is 0.129. The molecule has 5 nitrogen and oxygen atoms in total. The Balaban J connectivity index is 1.57. The van der Waals surface area contributed by atoms with Gasteiger partial charge in [0.25, 0.3) is 0 Å². The van der Waals surface area contributed by atoms with E-state index in [-0.39, 0.29) is 6.29 Å². The Labute approximate surface area is 161 Å². The quantitative estimate of drug-likeness (QED) is 0.790. The van der Waals surface area contributed by atoms with E-state index < -0.39 is 0 Å². The Morgan fingerprint density at radius 1 is 1.15 bits per heavy atom. The van der Waals surface area contributed by atoms with Crippen LogP contribution in [0.3, 0.4) is 0 Å². The molecule has 1 aromatic carbocycles. The summed E-state index contributed by atoms with van der Waals surface area (Å²) in [6, 6.07) is 8.16. The average molecular weight is 374 g/mol. The summed E-state index contributed by atoms with van der Waals surface area (Å²) in [4.78, 5) is 14.8. The van der Waals surface area contributed by atoms with Gasteiger partial charge in [-0.2, -0.15) is 0 Å². The van der Waals surface area contributed by atoms with Crippen molar-refractivity contribution in [2.75, 3.05) is 33.4 Å². The van der Waals surface area contributed by atoms with E-state index >= 15 is 0 Å². The number of likely N-dealkylation sites (tertiary alicyclic amines) is 1. The molecule has 0 saturated carbocycles. The topological polar surface area (TPSA) is 25.3 Å². The van der Waals surface area contributed by atoms with Crippen molar-refractivity contribution >= 4 is 17.4 Å². The summed E-state index contributed by atoms with van der Waals surface area (Å²) in [5.74, 6) is 1.17. The van der Waals surface area contributed by atoms with Crippen LogP contribution in [-0.2, 0) is 6.54 Å². The van der Waals surface area contributed by atoms with Crippen LogP contribution >= 0.6 is 11.6 Å². The van der Waals surface area contributed by atoms with Gasteiger partial charge in [-0.3, -0.25) is 4.90 Å². The highest BCUT2D eigenvalue weighted by Gasteiger charge is 2.38. The van der Waals surface area contributed by atoms with Gasteiger partial charge in [0.2, 0.25) is 0 Å². The van der Waals surface area contributed by atoms with Crippen LogP contribution in [0.4, 0.5) is 0 Å². The van der Waals surface area contributed by atoms with E-state index in [0.717, 1.165) is 44.3 Å². The van der Waals surface area contributed by atoms with Crippen LogP contribution in [-0.4, -0.2) is 65.1 Å². The molecule has 3 aliphatic rings. The number of hydrogen-bond donors (Lipinski definition) is 0. The SMILES string of the molecule is CCCN1CN(Cc2ccc(Cl)cc2)C=C2C1=NC(N1CCCC1)N2C. The highest BCUT2D eigenvalue weighted by atomic mass is 35.5. The predicted octanol–water partition coefficient (Wildman–Crippen LogP) is 3.39. The number of nitrogens with zero attached hydrogens (tertiary/aromatic N) is 5. The van der Waals surface area contributed by atoms with Gasteiger partial charge in [-0.1, -0.05) is 30.7 Å². The highest BCUT2D eigenvalue weighted by Crippen LogP contribution is 2.29. The number of benzene rings is 1. The van der Waals surface area contributed by atoms with Gasteiger partial charge >= 0.3 is 0 Å². The average Bonchev–Trinajstić information content (AvgIpc) is 3.26. The van der Waals surface area contributed by atoms with Crippen molar-refractivity contribution in [2.24, 2.45) is 4.99 Å². The fraction of sp³-hybridized carbons (Fsp3) is 0.550. The Kier molecular flexibility index (Phi) is 5.09. The number of fused-ring (bicyclic) bond motifs is 1. The molecule has 26 heavy (non-hydrogen) atoms. The first-order valence-corrected chi connectivity index (χ1v) is 10.0. The molecule has 4 rings (SSSR count). The molecule has 0 aromatic heterocycles. The van der Waals surface area contributed by atoms with Crippen molar-refractivity contribution in [1.82, 2.24) is 19.6 Å². The van der Waals surface area contributed by atoms with Gasteiger partial charge in [-0.15, -0.1) is 0 Å². The van der Waals surface area contributed by atoms with Crippen molar-refractivity contribution in [2.45, 2.75) is 39.0 Å². The Morgan fingerprint density at radius 3 is 2.58 bits per heavy atom. The largest absolute Gasteiger partial charge is 0.354 e. The van der Waals surface area contributed by atoms with E-state index in [1.807, 2.05) is 12.1 Å². The lowest BCUT2D eigenvalue weighted by atomic mass is 10.2. The summed E-state index contributed by atoms with van der Waals surface area (Å²) in [6.45, 7) is 7.35. The lowest BCUT2D eigenvalue weighted by Gasteiger charge is -2.37. The molecule has 0 bridgehead atoms. The standard InChI is InChI=1S/C20H28ClN5/c1-3-10-26-15-24(13-16-6-8-17(21)9-7-16)14-18-19(26)22-20(23(18)2)25-11-4-5-12-25/h6-9,14,20H,3-5,10-13,15H2,1-2H3. The fourth-order valence-corrected chi connectivity index (χ4v) is 4.23. The molecule has 1 unspecified atom stereocenters. The van der Waals surface area contributed by atoms with Crippen LogP contribution in [0, 0.1) is 0 Å². The molecule has 1 atom stereocenters. The number of aliphatic imine (C=N–C) groups is 1. The normalized spacial score (nSPS) is 23.3. The van der Waals surface area contributed by atoms with E-state index in [4.69, 9.17) is 16.6 Å². The van der Waals surface area contributed by atoms with Gasteiger partial charge in [-0.05, 0) is 37.0 Å². The third-order valence-corrected chi connectivity index (χ3v) is 5.66. The molecule has 1 aromatic rings. The van der Waals surface area contributed by atoms with Gasteiger partial charge in [0.15, 0.2) is 12.1 Å². The molecule has 1 fully saturated rings. The lowest BCUT2D eigenvalue weighted by Crippen LogP contribution is -2.46. The Hall–Kier alpha value is -1.72. The predicted molar refractivity (Wildman–Crippen MR) is 107 cm³/mol. The first kappa shape index (κ1) is 17.7. The number of likely N-dealkylation sites (N-methyl/N-ethyl adjacent to an activating group) is 1. The van der Waals surface area contributed by atoms with Crippen molar-refractivity contribution in [3.8, 4) is 0 Å². The summed E-state index contributed by atoms with van der Waals surface area (Å²) in [6.07, 6.45) is 6.15. The van der Waals surface area contributed by atoms with Gasteiger partial charge in [0, 0.05) is 44.4 Å². The highest BCUT2D eigenvalue weighted by molar-refractivity contribution is 6.30. The monoisotopic (exact) mass is 373 g/mol. The van der Waals surface area contributed by atoms with Crippen molar-refractivity contribution in [3.63, 3.8) is 0 Å². The third-order valence-electron chi connectivity index (χ3n) is 5.41. The molecule has 3 aliphatic heterocycles. The van der Waals surface area contributed by atoms with Crippen LogP contribution in [0.15, 0.2) is 41.2 Å². The maximum atomic E-state index is 6.03. The second-order valence-electron chi connectivity index (χ2n) is 7.45. The van der Waals surface area contributed by atoms with Crippen molar-refractivity contribution in [3.05, 3.63) is 46.7 Å². The molecule has 0 radical (unpaired) electrons. The molecule has 140 valence electrons. The number of halogens is 1. The molecule has 6 heteroatoms. The Morgan fingerprint density at radius 2 is 1.88 bits per heavy atom. The van der Waals surface area contributed by atoms with E-state index in [1.165, 1.54) is 29.9 Å². The first-order valence-electron chi connectivity index (χ1n) is 9.66. The van der Waals surface area contributed by atoms with Crippen LogP contribution in [0.5, 0.6) is 0 Å². The van der Waals surface area contributed by atoms with Crippen LogP contribution < -0.4 is 0 Å². The molecule has 0 N–H and O–H groups in total. The minimum Gasteiger partial charge on any atom is -0.354 e. The van der Waals surface area contributed by atoms with Gasteiger partial charge in [-0.25, -0.2) is 4.99 Å². The molecular formula is C20H28ClN5. The van der Waals surface area contributed by atoms with Gasteiger partial charge < -0.3 is 14.7 Å².